The molecule has 0 radical (unpaired) electrons. The maximum absolute atomic E-state index is 6.17. The molecular formula is C15H22BrNO. The summed E-state index contributed by atoms with van der Waals surface area (Å²) < 4.78 is 7.28. The smallest absolute Gasteiger partial charge is 0.124 e. The minimum absolute atomic E-state index is 0.165. The van der Waals surface area contributed by atoms with Gasteiger partial charge in [0, 0.05) is 22.5 Å². The lowest BCUT2D eigenvalue weighted by molar-refractivity contribution is 0.0531. The fourth-order valence-electron chi connectivity index (χ4n) is 2.41. The number of fused-ring (bicyclic) bond motifs is 1. The first-order valence-electron chi connectivity index (χ1n) is 6.61. The molecule has 18 heavy (non-hydrogen) atoms. The van der Waals surface area contributed by atoms with Crippen LogP contribution in [-0.4, -0.2) is 12.6 Å². The Hall–Kier alpha value is -0.540. The van der Waals surface area contributed by atoms with Crippen molar-refractivity contribution in [3.05, 3.63) is 28.2 Å². The molecule has 0 saturated carbocycles. The molecule has 2 unspecified atom stereocenters. The average molecular weight is 312 g/mol. The molecule has 0 aromatic heterocycles. The molecule has 1 aliphatic rings. The van der Waals surface area contributed by atoms with Crippen molar-refractivity contribution in [3.8, 4) is 5.75 Å². The lowest BCUT2D eigenvalue weighted by atomic mass is 9.82. The Morgan fingerprint density at radius 3 is 2.72 bits per heavy atom. The van der Waals surface area contributed by atoms with Crippen molar-refractivity contribution in [2.45, 2.75) is 46.3 Å². The molecule has 1 N–H and O–H groups in total. The lowest BCUT2D eigenvalue weighted by Gasteiger charge is -2.39. The highest BCUT2D eigenvalue weighted by molar-refractivity contribution is 9.10. The van der Waals surface area contributed by atoms with Gasteiger partial charge in [-0.15, -0.1) is 0 Å². The van der Waals surface area contributed by atoms with Crippen molar-refractivity contribution < 1.29 is 4.74 Å². The van der Waals surface area contributed by atoms with Crippen LogP contribution in [0.2, 0.25) is 0 Å². The highest BCUT2D eigenvalue weighted by atomic mass is 79.9. The van der Waals surface area contributed by atoms with Crippen molar-refractivity contribution in [3.63, 3.8) is 0 Å². The van der Waals surface area contributed by atoms with E-state index >= 15 is 0 Å². The third-order valence-corrected chi connectivity index (χ3v) is 3.98. The minimum Gasteiger partial charge on any atom is -0.489 e. The third kappa shape index (κ3) is 2.89. The molecule has 1 aromatic rings. The largest absolute Gasteiger partial charge is 0.489 e. The molecule has 1 aliphatic heterocycles. The van der Waals surface area contributed by atoms with Crippen LogP contribution in [0, 0.1) is 5.41 Å². The van der Waals surface area contributed by atoms with E-state index in [2.05, 4.69) is 61.1 Å². The van der Waals surface area contributed by atoms with Crippen LogP contribution >= 0.6 is 15.9 Å². The maximum Gasteiger partial charge on any atom is 0.124 e. The van der Waals surface area contributed by atoms with Gasteiger partial charge in [-0.05, 0) is 30.2 Å². The lowest BCUT2D eigenvalue weighted by Crippen LogP contribution is -2.40. The molecule has 1 aromatic carbocycles. The molecule has 1 heterocycles. The van der Waals surface area contributed by atoms with Crippen molar-refractivity contribution >= 4 is 15.9 Å². The quantitative estimate of drug-likeness (QED) is 0.879. The second-order valence-corrected chi connectivity index (χ2v) is 6.92. The molecule has 2 rings (SSSR count). The van der Waals surface area contributed by atoms with Crippen LogP contribution < -0.4 is 10.1 Å². The Kier molecular flexibility index (Phi) is 4.02. The highest BCUT2D eigenvalue weighted by Crippen LogP contribution is 2.41. The standard InChI is InChI=1S/C15H22BrNO/c1-5-17-12-9-14(15(2,3)4)18-13-7-6-10(16)8-11(12)13/h6-8,12,14,17H,5,9H2,1-4H3. The van der Waals surface area contributed by atoms with E-state index in [0.717, 1.165) is 23.2 Å². The topological polar surface area (TPSA) is 21.3 Å². The zero-order valence-electron chi connectivity index (χ0n) is 11.6. The van der Waals surface area contributed by atoms with E-state index in [4.69, 9.17) is 4.74 Å². The Bertz CT molecular complexity index is 425. The molecule has 3 heteroatoms. The Balaban J connectivity index is 2.34. The van der Waals surface area contributed by atoms with Gasteiger partial charge >= 0.3 is 0 Å². The molecule has 0 saturated heterocycles. The molecule has 100 valence electrons. The number of rotatable bonds is 2. The van der Waals surface area contributed by atoms with Gasteiger partial charge in [0.05, 0.1) is 0 Å². The molecule has 2 atom stereocenters. The van der Waals surface area contributed by atoms with Crippen LogP contribution in [0.25, 0.3) is 0 Å². The van der Waals surface area contributed by atoms with Crippen LogP contribution in [0.5, 0.6) is 5.75 Å². The van der Waals surface area contributed by atoms with Gasteiger partial charge in [0.2, 0.25) is 0 Å². The number of benzene rings is 1. The molecule has 0 amide bonds. The number of hydrogen-bond acceptors (Lipinski definition) is 2. The second kappa shape index (κ2) is 5.22. The van der Waals surface area contributed by atoms with Crippen molar-refractivity contribution in [2.75, 3.05) is 6.54 Å². The molecule has 0 aliphatic carbocycles. The molecule has 0 fully saturated rings. The van der Waals surface area contributed by atoms with Crippen LogP contribution in [0.1, 0.15) is 45.7 Å². The van der Waals surface area contributed by atoms with Crippen LogP contribution in [0.3, 0.4) is 0 Å². The SMILES string of the molecule is CCNC1CC(C(C)(C)C)Oc2ccc(Br)cc21. The number of halogens is 1. The van der Waals surface area contributed by atoms with Gasteiger partial charge in [0.25, 0.3) is 0 Å². The van der Waals surface area contributed by atoms with E-state index in [1.807, 2.05) is 6.07 Å². The van der Waals surface area contributed by atoms with Gasteiger partial charge in [-0.1, -0.05) is 43.6 Å². The molecule has 0 bridgehead atoms. The first-order valence-corrected chi connectivity index (χ1v) is 7.40. The number of nitrogens with one attached hydrogen (secondary N) is 1. The first-order chi connectivity index (χ1) is 8.41. The van der Waals surface area contributed by atoms with Crippen LogP contribution in [0.4, 0.5) is 0 Å². The summed E-state index contributed by atoms with van der Waals surface area (Å²) in [6.45, 7) is 9.85. The predicted octanol–water partition coefficient (Wildman–Crippen LogP) is 4.30. The first kappa shape index (κ1) is 13.9. The summed E-state index contributed by atoms with van der Waals surface area (Å²) in [6.07, 6.45) is 1.29. The van der Waals surface area contributed by atoms with Crippen molar-refractivity contribution in [1.29, 1.82) is 0 Å². The number of ether oxygens (including phenoxy) is 1. The third-order valence-electron chi connectivity index (χ3n) is 3.48. The van der Waals surface area contributed by atoms with E-state index in [1.54, 1.807) is 0 Å². The van der Waals surface area contributed by atoms with E-state index < -0.39 is 0 Å². The Labute approximate surface area is 118 Å². The minimum atomic E-state index is 0.165. The van der Waals surface area contributed by atoms with Gasteiger partial charge in [-0.3, -0.25) is 0 Å². The van der Waals surface area contributed by atoms with Crippen LogP contribution in [-0.2, 0) is 0 Å². The van der Waals surface area contributed by atoms with Gasteiger partial charge in [0.1, 0.15) is 11.9 Å². The highest BCUT2D eigenvalue weighted by Gasteiger charge is 2.35. The van der Waals surface area contributed by atoms with E-state index in [1.165, 1.54) is 5.56 Å². The van der Waals surface area contributed by atoms with E-state index in [-0.39, 0.29) is 11.5 Å². The summed E-state index contributed by atoms with van der Waals surface area (Å²) in [5, 5.41) is 3.57. The summed E-state index contributed by atoms with van der Waals surface area (Å²) in [5.41, 5.74) is 1.44. The Morgan fingerprint density at radius 1 is 1.39 bits per heavy atom. The van der Waals surface area contributed by atoms with Gasteiger partial charge in [-0.25, -0.2) is 0 Å². The summed E-state index contributed by atoms with van der Waals surface area (Å²) in [6, 6.07) is 6.68. The van der Waals surface area contributed by atoms with Gasteiger partial charge in [-0.2, -0.15) is 0 Å². The van der Waals surface area contributed by atoms with E-state index in [9.17, 15) is 0 Å². The molecular weight excluding hydrogens is 290 g/mol. The number of hydrogen-bond donors (Lipinski definition) is 1. The average Bonchev–Trinajstić information content (AvgIpc) is 2.28. The molecule has 0 spiro atoms. The summed E-state index contributed by atoms with van der Waals surface area (Å²) in [5.74, 6) is 1.02. The second-order valence-electron chi connectivity index (χ2n) is 6.00. The van der Waals surface area contributed by atoms with Gasteiger partial charge < -0.3 is 10.1 Å². The zero-order valence-corrected chi connectivity index (χ0v) is 13.2. The van der Waals surface area contributed by atoms with Crippen LogP contribution in [0.15, 0.2) is 22.7 Å². The summed E-state index contributed by atoms with van der Waals surface area (Å²) in [7, 11) is 0. The fraction of sp³-hybridized carbons (Fsp3) is 0.600. The molecule has 2 nitrogen and oxygen atoms in total. The Morgan fingerprint density at radius 2 is 2.11 bits per heavy atom. The predicted molar refractivity (Wildman–Crippen MR) is 79.0 cm³/mol. The van der Waals surface area contributed by atoms with Crippen molar-refractivity contribution in [1.82, 2.24) is 5.32 Å². The van der Waals surface area contributed by atoms with Crippen molar-refractivity contribution in [2.24, 2.45) is 5.41 Å². The van der Waals surface area contributed by atoms with Gasteiger partial charge in [0.15, 0.2) is 0 Å². The normalized spacial score (nSPS) is 23.4. The summed E-state index contributed by atoms with van der Waals surface area (Å²) >= 11 is 3.54. The maximum atomic E-state index is 6.17. The van der Waals surface area contributed by atoms with E-state index in [0.29, 0.717) is 6.04 Å². The zero-order chi connectivity index (χ0) is 13.3. The summed E-state index contributed by atoms with van der Waals surface area (Å²) in [4.78, 5) is 0. The fourth-order valence-corrected chi connectivity index (χ4v) is 2.79. The monoisotopic (exact) mass is 311 g/mol.